The van der Waals surface area contributed by atoms with E-state index >= 15 is 0 Å². The minimum absolute atomic E-state index is 0.355. The highest BCUT2D eigenvalue weighted by atomic mass is 16.5. The zero-order valence-electron chi connectivity index (χ0n) is 10.5. The maximum absolute atomic E-state index is 11.6. The second-order valence-electron chi connectivity index (χ2n) is 4.05. The van der Waals surface area contributed by atoms with E-state index in [1.807, 2.05) is 0 Å². The van der Waals surface area contributed by atoms with Crippen LogP contribution in [0.1, 0.15) is 23.5 Å². The van der Waals surface area contributed by atoms with Crippen LogP contribution in [-0.2, 0) is 14.4 Å². The standard InChI is InChI=1S/C13H14O6/c1-7-5-8(3-4-10(7)19-2)9(6-11(14)15)12(16)13(17)18/h3-5,9H,6H2,1-2H3,(H,14,15)(H,17,18). The van der Waals surface area contributed by atoms with Crippen molar-refractivity contribution in [1.29, 1.82) is 0 Å². The largest absolute Gasteiger partial charge is 0.496 e. The van der Waals surface area contributed by atoms with E-state index in [0.29, 0.717) is 16.9 Å². The number of rotatable bonds is 6. The first-order chi connectivity index (χ1) is 8.86. The average molecular weight is 266 g/mol. The van der Waals surface area contributed by atoms with Gasteiger partial charge in [0.25, 0.3) is 0 Å². The highest BCUT2D eigenvalue weighted by Gasteiger charge is 2.29. The maximum atomic E-state index is 11.6. The molecule has 6 nitrogen and oxygen atoms in total. The van der Waals surface area contributed by atoms with Crippen molar-refractivity contribution in [2.24, 2.45) is 0 Å². The van der Waals surface area contributed by atoms with E-state index in [4.69, 9.17) is 14.9 Å². The molecule has 1 aromatic rings. The van der Waals surface area contributed by atoms with Gasteiger partial charge in [-0.2, -0.15) is 0 Å². The van der Waals surface area contributed by atoms with Crippen LogP contribution < -0.4 is 4.74 Å². The van der Waals surface area contributed by atoms with Crippen LogP contribution in [0.4, 0.5) is 0 Å². The van der Waals surface area contributed by atoms with Crippen molar-refractivity contribution in [3.05, 3.63) is 29.3 Å². The second-order valence-corrected chi connectivity index (χ2v) is 4.05. The Kier molecular flexibility index (Phi) is 4.63. The first-order valence-electron chi connectivity index (χ1n) is 5.50. The number of carboxylic acids is 2. The van der Waals surface area contributed by atoms with Crippen LogP contribution in [0.15, 0.2) is 18.2 Å². The number of aryl methyl sites for hydroxylation is 1. The van der Waals surface area contributed by atoms with Crippen LogP contribution in [-0.4, -0.2) is 35.0 Å². The molecule has 0 heterocycles. The van der Waals surface area contributed by atoms with Crippen LogP contribution >= 0.6 is 0 Å². The highest BCUT2D eigenvalue weighted by molar-refractivity contribution is 6.35. The molecular weight excluding hydrogens is 252 g/mol. The van der Waals surface area contributed by atoms with E-state index in [0.717, 1.165) is 0 Å². The second kappa shape index (κ2) is 5.99. The summed E-state index contributed by atoms with van der Waals surface area (Å²) >= 11 is 0. The molecule has 2 N–H and O–H groups in total. The molecule has 0 bridgehead atoms. The minimum atomic E-state index is -1.64. The number of methoxy groups -OCH3 is 1. The number of hydrogen-bond donors (Lipinski definition) is 2. The molecular formula is C13H14O6. The first kappa shape index (κ1) is 14.7. The predicted octanol–water partition coefficient (Wildman–Crippen LogP) is 1.22. The molecule has 1 unspecified atom stereocenters. The Labute approximate surface area is 109 Å². The van der Waals surface area contributed by atoms with Gasteiger partial charge in [-0.05, 0) is 24.1 Å². The molecule has 1 atom stereocenters. The smallest absolute Gasteiger partial charge is 0.372 e. The van der Waals surface area contributed by atoms with Gasteiger partial charge in [-0.3, -0.25) is 9.59 Å². The third-order valence-corrected chi connectivity index (χ3v) is 2.73. The van der Waals surface area contributed by atoms with Crippen LogP contribution in [0, 0.1) is 6.92 Å². The lowest BCUT2D eigenvalue weighted by Gasteiger charge is -2.14. The van der Waals surface area contributed by atoms with E-state index in [1.165, 1.54) is 13.2 Å². The van der Waals surface area contributed by atoms with Crippen molar-refractivity contribution in [1.82, 2.24) is 0 Å². The van der Waals surface area contributed by atoms with Crippen molar-refractivity contribution >= 4 is 17.7 Å². The fourth-order valence-corrected chi connectivity index (χ4v) is 1.80. The molecule has 1 rings (SSSR count). The van der Waals surface area contributed by atoms with Gasteiger partial charge < -0.3 is 14.9 Å². The molecule has 0 radical (unpaired) electrons. The van der Waals surface area contributed by atoms with Gasteiger partial charge in [-0.25, -0.2) is 4.79 Å². The van der Waals surface area contributed by atoms with Gasteiger partial charge in [-0.1, -0.05) is 12.1 Å². The van der Waals surface area contributed by atoms with E-state index in [9.17, 15) is 14.4 Å². The molecule has 0 amide bonds. The number of hydrogen-bond acceptors (Lipinski definition) is 4. The molecule has 0 aliphatic rings. The average Bonchev–Trinajstić information content (AvgIpc) is 2.34. The van der Waals surface area contributed by atoms with Gasteiger partial charge in [0.1, 0.15) is 5.75 Å². The number of ketones is 1. The number of benzene rings is 1. The monoisotopic (exact) mass is 266 g/mol. The Balaban J connectivity index is 3.17. The SMILES string of the molecule is COc1ccc(C(CC(=O)O)C(=O)C(=O)O)cc1C. The molecule has 0 spiro atoms. The summed E-state index contributed by atoms with van der Waals surface area (Å²) in [5, 5.41) is 17.5. The molecule has 0 aliphatic carbocycles. The predicted molar refractivity (Wildman–Crippen MR) is 65.4 cm³/mol. The molecule has 0 saturated carbocycles. The zero-order valence-corrected chi connectivity index (χ0v) is 10.5. The Hall–Kier alpha value is -2.37. The lowest BCUT2D eigenvalue weighted by atomic mass is 9.90. The van der Waals surface area contributed by atoms with Gasteiger partial charge >= 0.3 is 11.9 Å². The van der Waals surface area contributed by atoms with Gasteiger partial charge in [-0.15, -0.1) is 0 Å². The van der Waals surface area contributed by atoms with Gasteiger partial charge in [0.2, 0.25) is 5.78 Å². The third-order valence-electron chi connectivity index (χ3n) is 2.73. The number of carboxylic acid groups (broad SMARTS) is 2. The molecule has 102 valence electrons. The summed E-state index contributed by atoms with van der Waals surface area (Å²) in [5.41, 5.74) is 1.06. The Bertz CT molecular complexity index is 520. The quantitative estimate of drug-likeness (QED) is 0.751. The van der Waals surface area contributed by atoms with E-state index in [2.05, 4.69) is 0 Å². The molecule has 0 aliphatic heterocycles. The normalized spacial score (nSPS) is 11.7. The summed E-state index contributed by atoms with van der Waals surface area (Å²) in [6, 6.07) is 4.64. The Morgan fingerprint density at radius 3 is 2.32 bits per heavy atom. The summed E-state index contributed by atoms with van der Waals surface area (Å²) < 4.78 is 5.05. The van der Waals surface area contributed by atoms with E-state index in [-0.39, 0.29) is 0 Å². The van der Waals surface area contributed by atoms with Crippen molar-refractivity contribution in [3.8, 4) is 5.75 Å². The Morgan fingerprint density at radius 2 is 1.89 bits per heavy atom. The van der Waals surface area contributed by atoms with Crippen molar-refractivity contribution in [3.63, 3.8) is 0 Å². The van der Waals surface area contributed by atoms with Crippen molar-refractivity contribution in [2.75, 3.05) is 7.11 Å². The van der Waals surface area contributed by atoms with Crippen molar-refractivity contribution in [2.45, 2.75) is 19.3 Å². The lowest BCUT2D eigenvalue weighted by molar-refractivity contribution is -0.150. The molecule has 0 saturated heterocycles. The van der Waals surface area contributed by atoms with Crippen LogP contribution in [0.5, 0.6) is 5.75 Å². The highest BCUT2D eigenvalue weighted by Crippen LogP contribution is 2.26. The summed E-state index contributed by atoms with van der Waals surface area (Å²) in [6.45, 7) is 1.73. The molecule has 19 heavy (non-hydrogen) atoms. The van der Waals surface area contributed by atoms with Gasteiger partial charge in [0.05, 0.1) is 19.4 Å². The third kappa shape index (κ3) is 3.54. The van der Waals surface area contributed by atoms with Crippen molar-refractivity contribution < 1.29 is 29.3 Å². The Morgan fingerprint density at radius 1 is 1.26 bits per heavy atom. The number of carbonyl (C=O) groups excluding carboxylic acids is 1. The number of carbonyl (C=O) groups is 3. The minimum Gasteiger partial charge on any atom is -0.496 e. The molecule has 1 aromatic carbocycles. The fourth-order valence-electron chi connectivity index (χ4n) is 1.80. The maximum Gasteiger partial charge on any atom is 0.372 e. The van der Waals surface area contributed by atoms with E-state index < -0.39 is 30.1 Å². The number of Topliss-reactive ketones (excluding diaryl/α,β-unsaturated/α-hetero) is 1. The first-order valence-corrected chi connectivity index (χ1v) is 5.50. The summed E-state index contributed by atoms with van der Waals surface area (Å²) in [7, 11) is 1.49. The van der Waals surface area contributed by atoms with Crippen LogP contribution in [0.25, 0.3) is 0 Å². The van der Waals surface area contributed by atoms with Crippen LogP contribution in [0.2, 0.25) is 0 Å². The van der Waals surface area contributed by atoms with Gasteiger partial charge in [0, 0.05) is 0 Å². The van der Waals surface area contributed by atoms with E-state index in [1.54, 1.807) is 19.1 Å². The van der Waals surface area contributed by atoms with Crippen LogP contribution in [0.3, 0.4) is 0 Å². The lowest BCUT2D eigenvalue weighted by Crippen LogP contribution is -2.24. The fraction of sp³-hybridized carbons (Fsp3) is 0.308. The summed E-state index contributed by atoms with van der Waals surface area (Å²) in [4.78, 5) is 33.0. The number of ether oxygens (including phenoxy) is 1. The molecule has 0 aromatic heterocycles. The topological polar surface area (TPSA) is 101 Å². The molecule has 0 fully saturated rings. The zero-order chi connectivity index (χ0) is 14.6. The summed E-state index contributed by atoms with van der Waals surface area (Å²) in [6.07, 6.45) is -0.559. The summed E-state index contributed by atoms with van der Waals surface area (Å²) in [5.74, 6) is -4.61. The van der Waals surface area contributed by atoms with Gasteiger partial charge in [0.15, 0.2) is 0 Å². The molecule has 6 heteroatoms. The number of aliphatic carboxylic acids is 2.